The molecule has 0 bridgehead atoms. The monoisotopic (exact) mass is 445 g/mol. The van der Waals surface area contributed by atoms with E-state index in [-0.39, 0.29) is 40.9 Å². The van der Waals surface area contributed by atoms with Crippen LogP contribution in [-0.2, 0) is 19.7 Å². The quantitative estimate of drug-likeness (QED) is 0.632. The van der Waals surface area contributed by atoms with Crippen molar-refractivity contribution in [2.24, 2.45) is 11.1 Å². The van der Waals surface area contributed by atoms with Crippen LogP contribution in [0, 0.1) is 30.6 Å². The van der Waals surface area contributed by atoms with Gasteiger partial charge in [-0.2, -0.15) is 5.26 Å². The molecule has 1 aromatic rings. The molecule has 5 rings (SSSR count). The van der Waals surface area contributed by atoms with Gasteiger partial charge in [0.05, 0.1) is 11.3 Å². The van der Waals surface area contributed by atoms with Gasteiger partial charge in [-0.15, -0.1) is 0 Å². The number of carbonyl (C=O) groups excluding carboxylic acids is 2. The van der Waals surface area contributed by atoms with Gasteiger partial charge in [-0.25, -0.2) is 0 Å². The highest BCUT2D eigenvalue weighted by Crippen LogP contribution is 2.63. The normalized spacial score (nSPS) is 29.2. The average Bonchev–Trinajstić information content (AvgIpc) is 2.93. The zero-order valence-corrected chi connectivity index (χ0v) is 20.5. The van der Waals surface area contributed by atoms with Gasteiger partial charge in [0, 0.05) is 23.9 Å². The van der Waals surface area contributed by atoms with Crippen LogP contribution < -0.4 is 10.6 Å². The number of hydrogen-bond donors (Lipinski definition) is 1. The van der Waals surface area contributed by atoms with Crippen LogP contribution in [0.5, 0.6) is 0 Å². The molecule has 0 radical (unpaired) electrons. The Morgan fingerprint density at radius 1 is 1.18 bits per heavy atom. The highest BCUT2D eigenvalue weighted by atomic mass is 16.5. The largest absolute Gasteiger partial charge is 0.444 e. The van der Waals surface area contributed by atoms with Crippen LogP contribution in [0.25, 0.3) is 0 Å². The molecule has 0 unspecified atom stereocenters. The fraction of sp³-hybridized carbons (Fsp3) is 0.519. The summed E-state index contributed by atoms with van der Waals surface area (Å²) >= 11 is 0. The first-order valence-corrected chi connectivity index (χ1v) is 11.6. The molecule has 1 spiro atoms. The van der Waals surface area contributed by atoms with E-state index in [9.17, 15) is 14.9 Å². The minimum Gasteiger partial charge on any atom is -0.444 e. The van der Waals surface area contributed by atoms with Gasteiger partial charge < -0.3 is 15.4 Å². The zero-order valence-electron chi connectivity index (χ0n) is 20.5. The zero-order chi connectivity index (χ0) is 24.2. The molecule has 0 saturated heterocycles. The molecule has 6 nitrogen and oxygen atoms in total. The average molecular weight is 446 g/mol. The molecule has 0 fully saturated rings. The number of fused-ring (bicyclic) bond motifs is 2. The number of nitriles is 1. The molecule has 3 aliphatic heterocycles. The molecule has 33 heavy (non-hydrogen) atoms. The lowest BCUT2D eigenvalue weighted by atomic mass is 9.61. The molecule has 0 saturated carbocycles. The third-order valence-electron chi connectivity index (χ3n) is 8.09. The van der Waals surface area contributed by atoms with Gasteiger partial charge in [-0.1, -0.05) is 26.8 Å². The van der Waals surface area contributed by atoms with Crippen molar-refractivity contribution in [1.29, 1.82) is 5.26 Å². The number of aryl methyl sites for hydroxylation is 1. The van der Waals surface area contributed by atoms with Crippen LogP contribution in [0.3, 0.4) is 0 Å². The molecular formula is C27H31N3O3. The fourth-order valence-electron chi connectivity index (χ4n) is 6.77. The fourth-order valence-corrected chi connectivity index (χ4v) is 6.77. The van der Waals surface area contributed by atoms with Gasteiger partial charge in [0.2, 0.25) is 11.8 Å². The van der Waals surface area contributed by atoms with Crippen molar-refractivity contribution in [3.8, 4) is 6.07 Å². The van der Waals surface area contributed by atoms with E-state index in [1.807, 2.05) is 32.6 Å². The summed E-state index contributed by atoms with van der Waals surface area (Å²) in [7, 11) is 0. The first kappa shape index (κ1) is 21.8. The molecule has 1 amide bonds. The summed E-state index contributed by atoms with van der Waals surface area (Å²) in [6.07, 6.45) is 1.55. The number of hydrogen-bond acceptors (Lipinski definition) is 5. The predicted molar refractivity (Wildman–Crippen MR) is 125 cm³/mol. The maximum absolute atomic E-state index is 14.7. The molecule has 1 aliphatic carbocycles. The number of nitrogens with two attached hydrogens (primary N) is 1. The number of Topliss-reactive ketones (excluding diaryl/α,β-unsaturated/α-hetero) is 1. The van der Waals surface area contributed by atoms with Crippen LogP contribution in [0.2, 0.25) is 0 Å². The van der Waals surface area contributed by atoms with E-state index >= 15 is 0 Å². The molecule has 2 N–H and O–H groups in total. The number of ketones is 1. The van der Waals surface area contributed by atoms with Crippen molar-refractivity contribution >= 4 is 17.4 Å². The Morgan fingerprint density at radius 2 is 1.85 bits per heavy atom. The van der Waals surface area contributed by atoms with E-state index < -0.39 is 11.0 Å². The third kappa shape index (κ3) is 2.48. The molecule has 1 aromatic carbocycles. The molecule has 4 aliphatic rings. The summed E-state index contributed by atoms with van der Waals surface area (Å²) in [5.74, 6) is 0.188. The van der Waals surface area contributed by atoms with E-state index in [0.717, 1.165) is 34.4 Å². The first-order valence-electron chi connectivity index (χ1n) is 11.6. The van der Waals surface area contributed by atoms with Crippen LogP contribution in [0.4, 0.5) is 5.69 Å². The summed E-state index contributed by atoms with van der Waals surface area (Å²) in [4.78, 5) is 30.3. The third-order valence-corrected chi connectivity index (χ3v) is 8.09. The van der Waals surface area contributed by atoms with Crippen molar-refractivity contribution in [1.82, 2.24) is 0 Å². The minimum atomic E-state index is -1.55. The number of anilines is 1. The Kier molecular flexibility index (Phi) is 4.14. The van der Waals surface area contributed by atoms with Gasteiger partial charge in [0.15, 0.2) is 5.78 Å². The lowest BCUT2D eigenvalue weighted by molar-refractivity contribution is -0.126. The Labute approximate surface area is 195 Å². The molecule has 6 heteroatoms. The van der Waals surface area contributed by atoms with Gasteiger partial charge in [-0.05, 0) is 62.1 Å². The minimum absolute atomic E-state index is 0.0352. The maximum Gasteiger partial charge on any atom is 0.248 e. The second-order valence-corrected chi connectivity index (χ2v) is 11.6. The standard InChI is InChI=1S/C27H31N3O3/c1-13-8-16-14(2)9-26(6,7)30-22(16)20(15(13)3)27(24(30)32)17(12-28)23(29)33-19-11-25(4,5)10-18(31)21(19)27/h8,14H,9-11,29H2,1-7H3/t14-,27-/m0/s1. The number of amides is 1. The number of benzene rings is 1. The van der Waals surface area contributed by atoms with Gasteiger partial charge >= 0.3 is 0 Å². The summed E-state index contributed by atoms with van der Waals surface area (Å²) in [5, 5.41) is 10.3. The number of nitrogens with zero attached hydrogens (tertiary/aromatic N) is 2. The van der Waals surface area contributed by atoms with Crippen LogP contribution >= 0.6 is 0 Å². The van der Waals surface area contributed by atoms with Crippen LogP contribution in [0.15, 0.2) is 28.9 Å². The van der Waals surface area contributed by atoms with E-state index in [0.29, 0.717) is 17.8 Å². The number of allylic oxidation sites excluding steroid dienone is 1. The number of ether oxygens (including phenoxy) is 1. The Bertz CT molecular complexity index is 1270. The van der Waals surface area contributed by atoms with Crippen molar-refractivity contribution < 1.29 is 14.3 Å². The van der Waals surface area contributed by atoms with Gasteiger partial charge in [0.25, 0.3) is 0 Å². The molecule has 172 valence electrons. The molecule has 2 atom stereocenters. The smallest absolute Gasteiger partial charge is 0.248 e. The maximum atomic E-state index is 14.7. The van der Waals surface area contributed by atoms with E-state index in [1.54, 1.807) is 0 Å². The summed E-state index contributed by atoms with van der Waals surface area (Å²) in [6, 6.07) is 4.36. The summed E-state index contributed by atoms with van der Waals surface area (Å²) in [6.45, 7) is 14.3. The van der Waals surface area contributed by atoms with E-state index in [4.69, 9.17) is 10.5 Å². The lowest BCUT2D eigenvalue weighted by Crippen LogP contribution is -2.56. The number of carbonyl (C=O) groups is 2. The summed E-state index contributed by atoms with van der Waals surface area (Å²) < 4.78 is 5.93. The predicted octanol–water partition coefficient (Wildman–Crippen LogP) is 4.54. The SMILES string of the molecule is Cc1cc2c3c(c1C)[C@@]1(C(=O)N3C(C)(C)C[C@@H]2C)C(C#N)=C(N)OC2=C1C(=O)CC(C)(C)C2. The van der Waals surface area contributed by atoms with Crippen molar-refractivity contribution in [2.75, 3.05) is 4.90 Å². The Hall–Kier alpha value is -3.07. The van der Waals surface area contributed by atoms with Gasteiger partial charge in [-0.3, -0.25) is 9.59 Å². The van der Waals surface area contributed by atoms with Crippen molar-refractivity contribution in [3.05, 3.63) is 51.1 Å². The van der Waals surface area contributed by atoms with E-state index in [1.165, 1.54) is 0 Å². The highest BCUT2D eigenvalue weighted by molar-refractivity contribution is 6.21. The molecule has 0 aromatic heterocycles. The number of rotatable bonds is 0. The summed E-state index contributed by atoms with van der Waals surface area (Å²) in [5.41, 5.74) is 8.98. The highest BCUT2D eigenvalue weighted by Gasteiger charge is 2.66. The Morgan fingerprint density at radius 3 is 2.48 bits per heavy atom. The van der Waals surface area contributed by atoms with Crippen LogP contribution in [0.1, 0.15) is 82.1 Å². The molecule has 3 heterocycles. The lowest BCUT2D eigenvalue weighted by Gasteiger charge is -2.45. The first-order chi connectivity index (χ1) is 15.3. The van der Waals surface area contributed by atoms with Crippen LogP contribution in [-0.4, -0.2) is 17.2 Å². The topological polar surface area (TPSA) is 96.4 Å². The van der Waals surface area contributed by atoms with Gasteiger partial charge in [0.1, 0.15) is 22.8 Å². The molecular weight excluding hydrogens is 414 g/mol. The van der Waals surface area contributed by atoms with Crippen molar-refractivity contribution in [3.63, 3.8) is 0 Å². The second-order valence-electron chi connectivity index (χ2n) is 11.6. The van der Waals surface area contributed by atoms with Crippen molar-refractivity contribution in [2.45, 2.75) is 84.6 Å². The van der Waals surface area contributed by atoms with E-state index in [2.05, 4.69) is 32.9 Å². The Balaban J connectivity index is 1.99. The second kappa shape index (κ2) is 6.28.